The molecule has 0 aliphatic rings. The number of aliphatic imine (C=N–C) groups is 1. The van der Waals surface area contributed by atoms with Crippen LogP contribution in [0.25, 0.3) is 0 Å². The number of hydrogen-bond acceptors (Lipinski definition) is 13. The molecular formula is C39H72N14O8S. The zero-order chi connectivity index (χ0) is 46.8. The van der Waals surface area contributed by atoms with Gasteiger partial charge in [-0.3, -0.25) is 33.8 Å². The summed E-state index contributed by atoms with van der Waals surface area (Å²) in [6, 6.07) is -8.17. The minimum Gasteiger partial charge on any atom is -0.480 e. The highest BCUT2D eigenvalue weighted by atomic mass is 32.1. The number of aromatic amines is 1. The van der Waals surface area contributed by atoms with E-state index < -0.39 is 89.6 Å². The van der Waals surface area contributed by atoms with Crippen LogP contribution in [-0.4, -0.2) is 130 Å². The van der Waals surface area contributed by atoms with E-state index in [4.69, 9.17) is 28.7 Å². The van der Waals surface area contributed by atoms with Gasteiger partial charge >= 0.3 is 5.97 Å². The fourth-order valence-electron chi connectivity index (χ4n) is 6.20. The summed E-state index contributed by atoms with van der Waals surface area (Å²) >= 11 is 4.01. The van der Waals surface area contributed by atoms with Crippen LogP contribution in [0.2, 0.25) is 0 Å². The van der Waals surface area contributed by atoms with Crippen molar-refractivity contribution in [3.05, 3.63) is 18.2 Å². The Bertz CT molecular complexity index is 1580. The molecule has 0 bridgehead atoms. The van der Waals surface area contributed by atoms with Crippen LogP contribution in [0, 0.1) is 11.8 Å². The second-order valence-corrected chi connectivity index (χ2v) is 16.1. The summed E-state index contributed by atoms with van der Waals surface area (Å²) in [4.78, 5) is 105. The zero-order valence-corrected chi connectivity index (χ0v) is 37.4. The molecule has 1 aromatic rings. The van der Waals surface area contributed by atoms with E-state index in [1.807, 2.05) is 20.8 Å². The van der Waals surface area contributed by atoms with Crippen molar-refractivity contribution in [1.82, 2.24) is 41.9 Å². The molecule has 0 aliphatic heterocycles. The monoisotopic (exact) mass is 897 g/mol. The van der Waals surface area contributed by atoms with Gasteiger partial charge in [-0.1, -0.05) is 40.5 Å². The second-order valence-electron chi connectivity index (χ2n) is 15.7. The van der Waals surface area contributed by atoms with E-state index in [9.17, 15) is 38.7 Å². The van der Waals surface area contributed by atoms with Crippen LogP contribution in [0.3, 0.4) is 0 Å². The minimum atomic E-state index is -1.34. The third kappa shape index (κ3) is 21.2. The zero-order valence-electron chi connectivity index (χ0n) is 36.5. The Morgan fingerprint density at radius 2 is 1.24 bits per heavy atom. The number of hydrogen-bond donors (Lipinski definition) is 14. The number of carboxylic acid groups (broad SMARTS) is 1. The molecule has 0 aromatic carbocycles. The molecule has 0 saturated heterocycles. The highest BCUT2D eigenvalue weighted by molar-refractivity contribution is 7.80. The van der Waals surface area contributed by atoms with E-state index in [0.29, 0.717) is 57.3 Å². The number of nitrogens with zero attached hydrogens (tertiary/aromatic N) is 2. The highest BCUT2D eigenvalue weighted by Gasteiger charge is 2.35. The largest absolute Gasteiger partial charge is 0.480 e. The number of aromatic nitrogens is 2. The van der Waals surface area contributed by atoms with Gasteiger partial charge in [0.1, 0.15) is 36.3 Å². The standard InChI is InChI=1S/C39H72N14O8S/c1-5-23(4)31(37(59)51-28(17-22(2)3)35(57)50-29(18-24-19-45-21-47-24)36(58)52-30(20-62)38(60)61)53-34(56)27(13-10-16-46-39(43)44)49-33(55)26(12-7-9-15-41)48-32(54)25(42)11-6-8-14-40/h19,21-23,25-31,62H,5-18,20,40-42H2,1-4H3,(H,45,47)(H,48,54)(H,49,55)(H,50,57)(H,51,59)(H,52,58)(H,53,56)(H,60,61)(H4,43,44,46)/t23-,25-,26-,27-,28-,29-,30-,31-/m0/s1. The number of thiol groups is 1. The lowest BCUT2D eigenvalue weighted by Gasteiger charge is -2.30. The normalized spacial score (nSPS) is 15.0. The fourth-order valence-corrected chi connectivity index (χ4v) is 6.45. The lowest BCUT2D eigenvalue weighted by atomic mass is 9.96. The maximum Gasteiger partial charge on any atom is 0.327 e. The molecule has 0 fully saturated rings. The minimum absolute atomic E-state index is 0.0411. The average molecular weight is 897 g/mol. The van der Waals surface area contributed by atoms with Gasteiger partial charge in [-0.25, -0.2) is 9.78 Å². The van der Waals surface area contributed by atoms with E-state index in [1.165, 1.54) is 12.5 Å². The molecule has 62 heavy (non-hydrogen) atoms. The van der Waals surface area contributed by atoms with Crippen molar-refractivity contribution in [3.63, 3.8) is 0 Å². The van der Waals surface area contributed by atoms with Crippen molar-refractivity contribution < 1.29 is 38.7 Å². The molecule has 6 amide bonds. The molecule has 352 valence electrons. The topological polar surface area (TPSA) is 383 Å². The van der Waals surface area contributed by atoms with Crippen LogP contribution < -0.4 is 60.6 Å². The first-order chi connectivity index (χ1) is 29.4. The molecular weight excluding hydrogens is 825 g/mol. The van der Waals surface area contributed by atoms with E-state index in [1.54, 1.807) is 6.92 Å². The SMILES string of the molecule is CC[C@H](C)[C@H](NC(=O)[C@H](CCCN=C(N)N)NC(=O)[C@H](CCCCN)NC(=O)[C@@H](N)CCCCN)C(=O)N[C@@H](CC(C)C)C(=O)N[C@@H](Cc1cnc[nH]1)C(=O)N[C@@H](CS)C(=O)O. The Morgan fingerprint density at radius 3 is 1.77 bits per heavy atom. The summed E-state index contributed by atoms with van der Waals surface area (Å²) in [5, 5.41) is 25.5. The van der Waals surface area contributed by atoms with Crippen molar-refractivity contribution >= 4 is 60.0 Å². The van der Waals surface area contributed by atoms with Crippen molar-refractivity contribution in [1.29, 1.82) is 0 Å². The van der Waals surface area contributed by atoms with Gasteiger partial charge in [0.15, 0.2) is 5.96 Å². The van der Waals surface area contributed by atoms with Gasteiger partial charge in [0.25, 0.3) is 0 Å². The van der Waals surface area contributed by atoms with Gasteiger partial charge in [-0.05, 0) is 76.3 Å². The number of unbranched alkanes of at least 4 members (excludes halogenated alkanes) is 2. The van der Waals surface area contributed by atoms with Crippen LogP contribution in [0.4, 0.5) is 0 Å². The van der Waals surface area contributed by atoms with E-state index in [2.05, 4.69) is 59.5 Å². The molecule has 8 atom stereocenters. The number of nitrogens with two attached hydrogens (primary N) is 5. The molecule has 0 radical (unpaired) electrons. The Balaban J connectivity index is 3.42. The second kappa shape index (κ2) is 30.1. The molecule has 0 spiro atoms. The Morgan fingerprint density at radius 1 is 0.726 bits per heavy atom. The van der Waals surface area contributed by atoms with E-state index >= 15 is 0 Å². The van der Waals surface area contributed by atoms with Gasteiger partial charge in [0.2, 0.25) is 35.4 Å². The quantitative estimate of drug-likeness (QED) is 0.0155. The molecule has 0 saturated carbocycles. The van der Waals surface area contributed by atoms with Gasteiger partial charge in [-0.2, -0.15) is 12.6 Å². The lowest BCUT2D eigenvalue weighted by Crippen LogP contribution is -2.61. The molecule has 0 unspecified atom stereocenters. The van der Waals surface area contributed by atoms with Gasteiger partial charge in [0, 0.05) is 30.6 Å². The first kappa shape index (κ1) is 55.0. The van der Waals surface area contributed by atoms with Crippen molar-refractivity contribution in [2.75, 3.05) is 25.4 Å². The van der Waals surface area contributed by atoms with Crippen molar-refractivity contribution in [3.8, 4) is 0 Å². The molecule has 1 aromatic heterocycles. The third-order valence-corrected chi connectivity index (χ3v) is 10.4. The Labute approximate surface area is 369 Å². The maximum absolute atomic E-state index is 14.1. The Kier molecular flexibility index (Phi) is 26.7. The number of rotatable bonds is 32. The molecule has 1 rings (SSSR count). The number of amides is 6. The number of nitrogens with one attached hydrogen (secondary N) is 7. The first-order valence-electron chi connectivity index (χ1n) is 21.2. The van der Waals surface area contributed by atoms with Crippen molar-refractivity contribution in [2.45, 2.75) is 141 Å². The first-order valence-corrected chi connectivity index (χ1v) is 21.9. The Hall–Kier alpha value is -5.00. The van der Waals surface area contributed by atoms with Crippen LogP contribution in [0.1, 0.15) is 97.6 Å². The van der Waals surface area contributed by atoms with Crippen molar-refractivity contribution in [2.24, 2.45) is 45.5 Å². The summed E-state index contributed by atoms with van der Waals surface area (Å²) in [6.07, 6.45) is 6.52. The van der Waals surface area contributed by atoms with E-state index in [0.717, 1.165) is 0 Å². The van der Waals surface area contributed by atoms with Gasteiger partial charge in [-0.15, -0.1) is 0 Å². The number of aliphatic carboxylic acids is 1. The molecule has 18 N–H and O–H groups in total. The van der Waals surface area contributed by atoms with E-state index in [-0.39, 0.29) is 56.3 Å². The molecule has 23 heteroatoms. The summed E-state index contributed by atoms with van der Waals surface area (Å²) in [5.74, 6) is -6.43. The summed E-state index contributed by atoms with van der Waals surface area (Å²) < 4.78 is 0. The van der Waals surface area contributed by atoms with Crippen LogP contribution in [-0.2, 0) is 40.0 Å². The number of carbonyl (C=O) groups excluding carboxylic acids is 6. The average Bonchev–Trinajstić information content (AvgIpc) is 3.74. The van der Waals surface area contributed by atoms with Gasteiger partial charge < -0.3 is 70.7 Å². The number of carboxylic acids is 1. The number of imidazole rings is 1. The maximum atomic E-state index is 14.1. The predicted octanol–water partition coefficient (Wildman–Crippen LogP) is -2.39. The highest BCUT2D eigenvalue weighted by Crippen LogP contribution is 2.14. The van der Waals surface area contributed by atoms with Gasteiger partial charge in [0.05, 0.1) is 12.4 Å². The van der Waals surface area contributed by atoms with Crippen LogP contribution in [0.5, 0.6) is 0 Å². The molecule has 0 aliphatic carbocycles. The number of H-pyrrole nitrogens is 1. The smallest absolute Gasteiger partial charge is 0.327 e. The molecule has 22 nitrogen and oxygen atoms in total. The van der Waals surface area contributed by atoms with Crippen LogP contribution in [0.15, 0.2) is 17.5 Å². The summed E-state index contributed by atoms with van der Waals surface area (Å²) in [5.41, 5.74) is 28.8. The fraction of sp³-hybridized carbons (Fsp3) is 0.718. The predicted molar refractivity (Wildman–Crippen MR) is 238 cm³/mol. The summed E-state index contributed by atoms with van der Waals surface area (Å²) in [7, 11) is 0. The summed E-state index contributed by atoms with van der Waals surface area (Å²) in [6.45, 7) is 8.14. The lowest BCUT2D eigenvalue weighted by molar-refractivity contribution is -0.141. The van der Waals surface area contributed by atoms with Crippen LogP contribution >= 0.6 is 12.6 Å². The number of guanidine groups is 1. The third-order valence-electron chi connectivity index (χ3n) is 10.0. The number of carbonyl (C=O) groups is 7. The molecule has 1 heterocycles.